The van der Waals surface area contributed by atoms with E-state index in [1.54, 1.807) is 18.2 Å². The van der Waals surface area contributed by atoms with Crippen molar-refractivity contribution in [2.45, 2.75) is 6.92 Å². The van der Waals surface area contributed by atoms with Gasteiger partial charge < -0.3 is 10.6 Å². The number of pyridine rings is 1. The Balaban J connectivity index is 2.38. The van der Waals surface area contributed by atoms with Gasteiger partial charge in [-0.3, -0.25) is 10.1 Å². The van der Waals surface area contributed by atoms with E-state index in [-0.39, 0.29) is 17.3 Å². The number of rotatable bonds is 6. The maximum absolute atomic E-state index is 11.3. The monoisotopic (exact) mass is 286 g/mol. The van der Waals surface area contributed by atoms with E-state index in [2.05, 4.69) is 32.2 Å². The molecule has 0 amide bonds. The molecule has 0 fully saturated rings. The van der Waals surface area contributed by atoms with Gasteiger partial charge in [0.05, 0.1) is 4.92 Å². The molecule has 0 unspecified atom stereocenters. The number of nitrogens with zero attached hydrogens (tertiary/aromatic N) is 4. The third-order valence-corrected chi connectivity index (χ3v) is 2.55. The van der Waals surface area contributed by atoms with E-state index < -0.39 is 4.92 Å². The standard InChI is InChI=1S/C13H14N6O2/c1-3-7-14-12-11(19(20)21)13(16-8-15-12)18-10-6-4-5-9(2)17-10/h3-6,8H,1,7H2,2H3,(H2,14,15,16,17,18). The lowest BCUT2D eigenvalue weighted by molar-refractivity contribution is -0.383. The van der Waals surface area contributed by atoms with Crippen molar-refractivity contribution in [3.05, 3.63) is 53.0 Å². The van der Waals surface area contributed by atoms with E-state index >= 15 is 0 Å². The molecule has 0 bridgehead atoms. The second kappa shape index (κ2) is 6.42. The molecule has 0 aliphatic heterocycles. The highest BCUT2D eigenvalue weighted by atomic mass is 16.6. The Bertz CT molecular complexity index is 673. The number of hydrogen-bond donors (Lipinski definition) is 2. The minimum absolute atomic E-state index is 0.0830. The molecule has 21 heavy (non-hydrogen) atoms. The smallest absolute Gasteiger partial charge is 0.353 e. The predicted molar refractivity (Wildman–Crippen MR) is 79.6 cm³/mol. The lowest BCUT2D eigenvalue weighted by atomic mass is 10.3. The van der Waals surface area contributed by atoms with Crippen LogP contribution in [0, 0.1) is 17.0 Å². The summed E-state index contributed by atoms with van der Waals surface area (Å²) in [6, 6.07) is 5.33. The van der Waals surface area contributed by atoms with Crippen LogP contribution < -0.4 is 10.6 Å². The molecule has 2 rings (SSSR count). The summed E-state index contributed by atoms with van der Waals surface area (Å²) in [5.41, 5.74) is 0.560. The fraction of sp³-hybridized carbons (Fsp3) is 0.154. The number of anilines is 3. The van der Waals surface area contributed by atoms with Crippen LogP contribution in [0.5, 0.6) is 0 Å². The van der Waals surface area contributed by atoms with E-state index in [9.17, 15) is 10.1 Å². The molecule has 108 valence electrons. The summed E-state index contributed by atoms with van der Waals surface area (Å²) in [5.74, 6) is 0.691. The second-order valence-corrected chi connectivity index (χ2v) is 4.14. The van der Waals surface area contributed by atoms with Gasteiger partial charge in [0.2, 0.25) is 11.6 Å². The van der Waals surface area contributed by atoms with Crippen molar-refractivity contribution in [1.29, 1.82) is 0 Å². The van der Waals surface area contributed by atoms with Crippen LogP contribution in [-0.2, 0) is 0 Å². The van der Waals surface area contributed by atoms with Crippen molar-refractivity contribution < 1.29 is 4.92 Å². The van der Waals surface area contributed by atoms with E-state index in [4.69, 9.17) is 0 Å². The molecule has 2 aromatic heterocycles. The average molecular weight is 286 g/mol. The predicted octanol–water partition coefficient (Wildman–Crippen LogP) is 2.43. The van der Waals surface area contributed by atoms with Crippen molar-refractivity contribution in [2.24, 2.45) is 0 Å². The van der Waals surface area contributed by atoms with E-state index in [1.165, 1.54) is 6.33 Å². The van der Waals surface area contributed by atoms with Crippen LogP contribution in [0.4, 0.5) is 23.1 Å². The van der Waals surface area contributed by atoms with Gasteiger partial charge >= 0.3 is 5.69 Å². The van der Waals surface area contributed by atoms with E-state index in [1.807, 2.05) is 13.0 Å². The first-order chi connectivity index (χ1) is 10.1. The van der Waals surface area contributed by atoms with E-state index in [0.29, 0.717) is 12.4 Å². The summed E-state index contributed by atoms with van der Waals surface area (Å²) in [7, 11) is 0. The first-order valence-corrected chi connectivity index (χ1v) is 6.16. The van der Waals surface area contributed by atoms with Crippen molar-refractivity contribution in [3.8, 4) is 0 Å². The van der Waals surface area contributed by atoms with Gasteiger partial charge in [-0.05, 0) is 19.1 Å². The highest BCUT2D eigenvalue weighted by Crippen LogP contribution is 2.30. The third kappa shape index (κ3) is 3.50. The molecule has 2 N–H and O–H groups in total. The minimum Gasteiger partial charge on any atom is -0.361 e. The summed E-state index contributed by atoms with van der Waals surface area (Å²) in [6.07, 6.45) is 2.83. The Kier molecular flexibility index (Phi) is 4.39. The Morgan fingerprint density at radius 1 is 1.38 bits per heavy atom. The fourth-order valence-corrected chi connectivity index (χ4v) is 1.68. The van der Waals surface area contributed by atoms with Crippen molar-refractivity contribution in [1.82, 2.24) is 15.0 Å². The summed E-state index contributed by atoms with van der Waals surface area (Å²) >= 11 is 0. The highest BCUT2D eigenvalue weighted by Gasteiger charge is 2.22. The van der Waals surface area contributed by atoms with Gasteiger partial charge in [0.25, 0.3) is 0 Å². The maximum atomic E-state index is 11.3. The minimum atomic E-state index is -0.538. The molecule has 8 nitrogen and oxygen atoms in total. The van der Waals surface area contributed by atoms with E-state index in [0.717, 1.165) is 5.69 Å². The Labute approximate surface area is 121 Å². The largest absolute Gasteiger partial charge is 0.361 e. The van der Waals surface area contributed by atoms with Crippen LogP contribution in [0.2, 0.25) is 0 Å². The SMILES string of the molecule is C=CCNc1ncnc(Nc2cccc(C)n2)c1[N+](=O)[O-]. The first kappa shape index (κ1) is 14.4. The van der Waals surface area contributed by atoms with Gasteiger partial charge in [0.15, 0.2) is 0 Å². The number of aryl methyl sites for hydroxylation is 1. The maximum Gasteiger partial charge on any atom is 0.353 e. The highest BCUT2D eigenvalue weighted by molar-refractivity contribution is 5.72. The van der Waals surface area contributed by atoms with Crippen molar-refractivity contribution in [3.63, 3.8) is 0 Å². The zero-order valence-electron chi connectivity index (χ0n) is 11.4. The molecule has 2 aromatic rings. The second-order valence-electron chi connectivity index (χ2n) is 4.14. The Morgan fingerprint density at radius 3 is 2.81 bits per heavy atom. The van der Waals surface area contributed by atoms with Crippen molar-refractivity contribution in [2.75, 3.05) is 17.2 Å². The lowest BCUT2D eigenvalue weighted by Gasteiger charge is -2.08. The molecule has 0 aliphatic carbocycles. The molecular formula is C13H14N6O2. The molecule has 0 saturated heterocycles. The summed E-state index contributed by atoms with van der Waals surface area (Å²) in [5, 5.41) is 16.9. The van der Waals surface area contributed by atoms with Gasteiger partial charge in [-0.1, -0.05) is 12.1 Å². The molecule has 0 saturated carbocycles. The van der Waals surface area contributed by atoms with Gasteiger partial charge in [0, 0.05) is 12.2 Å². The third-order valence-electron chi connectivity index (χ3n) is 2.55. The van der Waals surface area contributed by atoms with Gasteiger partial charge in [-0.2, -0.15) is 0 Å². The van der Waals surface area contributed by atoms with Crippen molar-refractivity contribution >= 4 is 23.1 Å². The van der Waals surface area contributed by atoms with Crippen LogP contribution in [-0.4, -0.2) is 26.4 Å². The lowest BCUT2D eigenvalue weighted by Crippen LogP contribution is -2.08. The van der Waals surface area contributed by atoms with Gasteiger partial charge in [0.1, 0.15) is 12.1 Å². The summed E-state index contributed by atoms with van der Waals surface area (Å²) in [6.45, 7) is 5.74. The first-order valence-electron chi connectivity index (χ1n) is 6.16. The topological polar surface area (TPSA) is 106 Å². The Hall–Kier alpha value is -3.03. The van der Waals surface area contributed by atoms with Gasteiger partial charge in [-0.25, -0.2) is 15.0 Å². The summed E-state index contributed by atoms with van der Waals surface area (Å²) < 4.78 is 0. The fourth-order valence-electron chi connectivity index (χ4n) is 1.68. The van der Waals surface area contributed by atoms with Crippen LogP contribution in [0.3, 0.4) is 0 Å². The zero-order valence-corrected chi connectivity index (χ0v) is 11.4. The molecule has 8 heteroatoms. The number of hydrogen-bond acceptors (Lipinski definition) is 7. The number of nitro groups is 1. The normalized spacial score (nSPS) is 9.95. The van der Waals surface area contributed by atoms with Crippen LogP contribution >= 0.6 is 0 Å². The number of nitrogens with one attached hydrogen (secondary N) is 2. The molecule has 0 radical (unpaired) electrons. The van der Waals surface area contributed by atoms with Crippen LogP contribution in [0.1, 0.15) is 5.69 Å². The van der Waals surface area contributed by atoms with Crippen LogP contribution in [0.25, 0.3) is 0 Å². The Morgan fingerprint density at radius 2 is 2.14 bits per heavy atom. The molecule has 0 aliphatic rings. The number of aromatic nitrogens is 3. The van der Waals surface area contributed by atoms with Gasteiger partial charge in [-0.15, -0.1) is 6.58 Å². The molecule has 2 heterocycles. The zero-order chi connectivity index (χ0) is 15.2. The molecule has 0 aromatic carbocycles. The summed E-state index contributed by atoms with van der Waals surface area (Å²) in [4.78, 5) is 22.8. The average Bonchev–Trinajstić information content (AvgIpc) is 2.45. The molecule has 0 spiro atoms. The quantitative estimate of drug-likeness (QED) is 0.477. The molecular weight excluding hydrogens is 272 g/mol. The molecule has 0 atom stereocenters. The van der Waals surface area contributed by atoms with Crippen LogP contribution in [0.15, 0.2) is 37.2 Å².